The number of nitrogens with zero attached hydrogens (tertiary/aromatic N) is 3. The van der Waals surface area contributed by atoms with Gasteiger partial charge in [-0.05, 0) is 12.1 Å². The van der Waals surface area contributed by atoms with Gasteiger partial charge in [-0.25, -0.2) is 4.98 Å². The smallest absolute Gasteiger partial charge is 0.172 e. The van der Waals surface area contributed by atoms with Crippen LogP contribution in [-0.4, -0.2) is 19.2 Å². The predicted octanol–water partition coefficient (Wildman–Crippen LogP) is 4.32. The summed E-state index contributed by atoms with van der Waals surface area (Å²) in [7, 11) is 3.05. The summed E-state index contributed by atoms with van der Waals surface area (Å²) < 4.78 is 10.8. The summed E-state index contributed by atoms with van der Waals surface area (Å²) in [6.45, 7) is 0. The van der Waals surface area contributed by atoms with E-state index in [4.69, 9.17) is 25.0 Å². The number of rotatable bonds is 4. The number of ether oxygens (including phenoxy) is 2. The van der Waals surface area contributed by atoms with Crippen molar-refractivity contribution < 1.29 is 9.47 Å². The molecule has 0 aliphatic rings. The van der Waals surface area contributed by atoms with Crippen LogP contribution in [0.25, 0.3) is 27.9 Å². The first-order valence-corrected chi connectivity index (χ1v) is 7.85. The second-order valence-corrected chi connectivity index (χ2v) is 5.44. The predicted molar refractivity (Wildman–Crippen MR) is 98.9 cm³/mol. The van der Waals surface area contributed by atoms with Crippen LogP contribution in [0.15, 0.2) is 60.2 Å². The first-order valence-electron chi connectivity index (χ1n) is 7.85. The molecule has 0 bridgehead atoms. The molecule has 3 aromatic rings. The highest BCUT2D eigenvalue weighted by atomic mass is 16.5. The number of fused-ring (bicyclic) bond motifs is 1. The van der Waals surface area contributed by atoms with E-state index in [1.165, 1.54) is 7.11 Å². The summed E-state index contributed by atoms with van der Waals surface area (Å²) in [4.78, 5) is 4.72. The quantitative estimate of drug-likeness (QED) is 0.522. The van der Waals surface area contributed by atoms with Crippen LogP contribution >= 0.6 is 0 Å². The minimum atomic E-state index is -0.0852. The topological polar surface area (TPSA) is 78.9 Å². The molecule has 5 heteroatoms. The van der Waals surface area contributed by atoms with Gasteiger partial charge in [0.05, 0.1) is 25.4 Å². The van der Waals surface area contributed by atoms with Crippen molar-refractivity contribution in [1.29, 1.82) is 10.5 Å². The minimum Gasteiger partial charge on any atom is -0.496 e. The Hall–Kier alpha value is -3.83. The maximum Gasteiger partial charge on any atom is 0.172 e. The first kappa shape index (κ1) is 17.0. The monoisotopic (exact) mass is 341 g/mol. The van der Waals surface area contributed by atoms with Crippen molar-refractivity contribution >= 4 is 16.7 Å². The molecule has 5 nitrogen and oxygen atoms in total. The number of hydrogen-bond donors (Lipinski definition) is 0. The molecule has 0 radical (unpaired) electrons. The summed E-state index contributed by atoms with van der Waals surface area (Å²) in [6, 6.07) is 20.8. The fraction of sp³-hybridized carbons (Fsp3) is 0.0952. The molecule has 0 atom stereocenters. The van der Waals surface area contributed by atoms with E-state index < -0.39 is 0 Å². The molecular formula is C21H15N3O2. The lowest BCUT2D eigenvalue weighted by molar-refractivity contribution is 0.369. The van der Waals surface area contributed by atoms with Gasteiger partial charge in [0.15, 0.2) is 11.3 Å². The van der Waals surface area contributed by atoms with E-state index in [1.54, 1.807) is 19.2 Å². The minimum absolute atomic E-state index is 0.0852. The maximum absolute atomic E-state index is 9.13. The Kier molecular flexibility index (Phi) is 4.83. The van der Waals surface area contributed by atoms with Crippen molar-refractivity contribution in [2.24, 2.45) is 0 Å². The molecule has 1 heterocycles. The molecule has 26 heavy (non-hydrogen) atoms. The van der Waals surface area contributed by atoms with Gasteiger partial charge in [-0.2, -0.15) is 10.5 Å². The Balaban J connectivity index is 2.25. The van der Waals surface area contributed by atoms with Crippen LogP contribution in [0, 0.1) is 22.7 Å². The molecule has 1 aromatic heterocycles. The zero-order valence-electron chi connectivity index (χ0n) is 14.4. The molecule has 0 aliphatic heterocycles. The van der Waals surface area contributed by atoms with Gasteiger partial charge >= 0.3 is 0 Å². The number of allylic oxidation sites excluding steroid dienone is 1. The number of methoxy groups -OCH3 is 2. The van der Waals surface area contributed by atoms with Crippen molar-refractivity contribution in [3.05, 3.63) is 65.7 Å². The average molecular weight is 341 g/mol. The standard InChI is InChI=1S/C21H15N3O2/c1-25-20-11-18(14-6-4-3-5-7-14)24-19-10-15(8-9-17(19)20)21(26-2)16(12-22)13-23/h3-11H,1-2H3. The molecule has 0 fully saturated rings. The fourth-order valence-electron chi connectivity index (χ4n) is 2.75. The number of hydrogen-bond acceptors (Lipinski definition) is 5. The van der Waals surface area contributed by atoms with Gasteiger partial charge in [0, 0.05) is 22.6 Å². The van der Waals surface area contributed by atoms with Gasteiger partial charge in [0.2, 0.25) is 0 Å². The lowest BCUT2D eigenvalue weighted by atomic mass is 10.0. The van der Waals surface area contributed by atoms with Gasteiger partial charge in [-0.1, -0.05) is 36.4 Å². The van der Waals surface area contributed by atoms with Crippen LogP contribution in [0.1, 0.15) is 5.56 Å². The van der Waals surface area contributed by atoms with Crippen molar-refractivity contribution in [2.45, 2.75) is 0 Å². The van der Waals surface area contributed by atoms with Crippen LogP contribution in [0.2, 0.25) is 0 Å². The second kappa shape index (κ2) is 7.38. The fourth-order valence-corrected chi connectivity index (χ4v) is 2.75. The highest BCUT2D eigenvalue weighted by molar-refractivity contribution is 5.90. The van der Waals surface area contributed by atoms with Gasteiger partial charge in [0.1, 0.15) is 17.9 Å². The highest BCUT2D eigenvalue weighted by Gasteiger charge is 2.13. The van der Waals surface area contributed by atoms with E-state index in [0.29, 0.717) is 16.8 Å². The van der Waals surface area contributed by atoms with Gasteiger partial charge in [-0.3, -0.25) is 0 Å². The molecule has 0 unspecified atom stereocenters. The average Bonchev–Trinajstić information content (AvgIpc) is 2.71. The third-order valence-corrected chi connectivity index (χ3v) is 3.98. The maximum atomic E-state index is 9.13. The third-order valence-electron chi connectivity index (χ3n) is 3.98. The molecule has 0 aliphatic carbocycles. The zero-order valence-corrected chi connectivity index (χ0v) is 14.4. The van der Waals surface area contributed by atoms with Crippen LogP contribution in [0.4, 0.5) is 0 Å². The van der Waals surface area contributed by atoms with E-state index in [-0.39, 0.29) is 11.3 Å². The van der Waals surface area contributed by atoms with E-state index >= 15 is 0 Å². The van der Waals surface area contributed by atoms with Crippen LogP contribution < -0.4 is 4.74 Å². The third kappa shape index (κ3) is 3.07. The Labute approximate surface area is 151 Å². The lowest BCUT2D eigenvalue weighted by Gasteiger charge is -2.11. The number of nitriles is 2. The summed E-state index contributed by atoms with van der Waals surface area (Å²) in [5.74, 6) is 0.923. The van der Waals surface area contributed by atoms with E-state index in [9.17, 15) is 0 Å². The van der Waals surface area contributed by atoms with Crippen LogP contribution in [-0.2, 0) is 4.74 Å². The molecule has 0 amide bonds. The Morgan fingerprint density at radius 3 is 2.31 bits per heavy atom. The van der Waals surface area contributed by atoms with Gasteiger partial charge in [-0.15, -0.1) is 0 Å². The molecule has 0 N–H and O–H groups in total. The van der Waals surface area contributed by atoms with Crippen LogP contribution in [0.3, 0.4) is 0 Å². The summed E-state index contributed by atoms with van der Waals surface area (Å²) in [5.41, 5.74) is 2.95. The molecule has 0 saturated carbocycles. The van der Waals surface area contributed by atoms with Gasteiger partial charge in [0.25, 0.3) is 0 Å². The SMILES string of the molecule is COC(=C(C#N)C#N)c1ccc2c(OC)cc(-c3ccccc3)nc2c1. The van der Waals surface area contributed by atoms with Crippen molar-refractivity contribution in [3.63, 3.8) is 0 Å². The summed E-state index contributed by atoms with van der Waals surface area (Å²) in [5, 5.41) is 19.1. The van der Waals surface area contributed by atoms with Crippen molar-refractivity contribution in [1.82, 2.24) is 4.98 Å². The number of pyridine rings is 1. The Morgan fingerprint density at radius 1 is 0.962 bits per heavy atom. The molecule has 0 spiro atoms. The van der Waals surface area contributed by atoms with Crippen molar-refractivity contribution in [2.75, 3.05) is 14.2 Å². The Bertz CT molecular complexity index is 1060. The molecule has 3 rings (SSSR count). The molecule has 0 saturated heterocycles. The largest absolute Gasteiger partial charge is 0.496 e. The van der Waals surface area contributed by atoms with Gasteiger partial charge < -0.3 is 9.47 Å². The summed E-state index contributed by atoms with van der Waals surface area (Å²) >= 11 is 0. The zero-order chi connectivity index (χ0) is 18.5. The normalized spacial score (nSPS) is 9.85. The second-order valence-electron chi connectivity index (χ2n) is 5.44. The van der Waals surface area contributed by atoms with Crippen molar-refractivity contribution in [3.8, 4) is 29.1 Å². The summed E-state index contributed by atoms with van der Waals surface area (Å²) in [6.07, 6.45) is 0. The van der Waals surface area contributed by atoms with E-state index in [1.807, 2.05) is 54.6 Å². The first-order chi connectivity index (χ1) is 12.7. The van der Waals surface area contributed by atoms with E-state index in [2.05, 4.69) is 0 Å². The molecular weight excluding hydrogens is 326 g/mol. The van der Waals surface area contributed by atoms with Crippen LogP contribution in [0.5, 0.6) is 5.75 Å². The molecule has 126 valence electrons. The lowest BCUT2D eigenvalue weighted by Crippen LogP contribution is -1.95. The number of benzene rings is 2. The Morgan fingerprint density at radius 2 is 1.69 bits per heavy atom. The molecule has 2 aromatic carbocycles. The highest BCUT2D eigenvalue weighted by Crippen LogP contribution is 2.32. The van der Waals surface area contributed by atoms with E-state index in [0.717, 1.165) is 16.6 Å². The number of aromatic nitrogens is 1.